The number of thiophene rings is 1. The number of aromatic hydroxyl groups is 1. The van der Waals surface area contributed by atoms with E-state index in [9.17, 15) is 5.11 Å². The van der Waals surface area contributed by atoms with Crippen molar-refractivity contribution in [1.29, 1.82) is 0 Å². The number of benzene rings is 1. The molecule has 0 amide bonds. The van der Waals surface area contributed by atoms with Gasteiger partial charge in [-0.25, -0.2) is 0 Å². The molecule has 0 unspecified atom stereocenters. The maximum absolute atomic E-state index is 9.74. The van der Waals surface area contributed by atoms with E-state index in [0.29, 0.717) is 5.75 Å². The first-order valence-electron chi connectivity index (χ1n) is 4.54. The third-order valence-electron chi connectivity index (χ3n) is 2.36. The number of rotatable bonds is 2. The summed E-state index contributed by atoms with van der Waals surface area (Å²) in [5, 5.41) is 12.6. The standard InChI is InChI=1S/C11H12OS2/c1-3-7-9(13-2)4-5-10-11(7)8(12)6-14-10/h4-6,12H,3H2,1-2H3. The second-order valence-corrected chi connectivity index (χ2v) is 4.85. The molecule has 0 aliphatic heterocycles. The third-order valence-corrected chi connectivity index (χ3v) is 4.12. The molecule has 1 N–H and O–H groups in total. The number of hydrogen-bond acceptors (Lipinski definition) is 3. The lowest BCUT2D eigenvalue weighted by Crippen LogP contribution is -1.85. The molecule has 0 saturated carbocycles. The minimum atomic E-state index is 0.428. The van der Waals surface area contributed by atoms with Crippen LogP contribution in [0.4, 0.5) is 0 Å². The molecule has 0 fully saturated rings. The van der Waals surface area contributed by atoms with Gasteiger partial charge >= 0.3 is 0 Å². The Morgan fingerprint density at radius 3 is 2.86 bits per heavy atom. The molecule has 1 aromatic carbocycles. The third kappa shape index (κ3) is 1.41. The van der Waals surface area contributed by atoms with E-state index in [2.05, 4.69) is 25.3 Å². The Morgan fingerprint density at radius 1 is 1.43 bits per heavy atom. The van der Waals surface area contributed by atoms with E-state index in [1.807, 2.05) is 5.38 Å². The lowest BCUT2D eigenvalue weighted by atomic mass is 10.1. The van der Waals surface area contributed by atoms with Crippen LogP contribution in [0.3, 0.4) is 0 Å². The van der Waals surface area contributed by atoms with Crippen LogP contribution in [0.1, 0.15) is 12.5 Å². The van der Waals surface area contributed by atoms with E-state index in [1.165, 1.54) is 15.2 Å². The fourth-order valence-corrected chi connectivity index (χ4v) is 3.25. The number of aryl methyl sites for hydroxylation is 1. The van der Waals surface area contributed by atoms with Crippen LogP contribution in [-0.4, -0.2) is 11.4 Å². The Labute approximate surface area is 91.8 Å². The lowest BCUT2D eigenvalue weighted by molar-refractivity contribution is 0.483. The molecular weight excluding hydrogens is 212 g/mol. The molecule has 0 atom stereocenters. The largest absolute Gasteiger partial charge is 0.506 e. The van der Waals surface area contributed by atoms with Crippen LogP contribution < -0.4 is 0 Å². The first kappa shape index (κ1) is 9.87. The zero-order chi connectivity index (χ0) is 10.1. The summed E-state index contributed by atoms with van der Waals surface area (Å²) in [6, 6.07) is 4.23. The van der Waals surface area contributed by atoms with Gasteiger partial charge < -0.3 is 5.11 Å². The Morgan fingerprint density at radius 2 is 2.21 bits per heavy atom. The highest BCUT2D eigenvalue weighted by Gasteiger charge is 2.10. The summed E-state index contributed by atoms with van der Waals surface area (Å²) < 4.78 is 1.18. The van der Waals surface area contributed by atoms with E-state index in [-0.39, 0.29) is 0 Å². The van der Waals surface area contributed by atoms with Gasteiger partial charge in [0.2, 0.25) is 0 Å². The first-order valence-corrected chi connectivity index (χ1v) is 6.64. The van der Waals surface area contributed by atoms with Crippen LogP contribution in [0.5, 0.6) is 5.75 Å². The second-order valence-electron chi connectivity index (χ2n) is 3.09. The maximum Gasteiger partial charge on any atom is 0.134 e. The summed E-state index contributed by atoms with van der Waals surface area (Å²) in [6.45, 7) is 2.13. The predicted octanol–water partition coefficient (Wildman–Crippen LogP) is 3.89. The molecule has 1 aromatic heterocycles. The quantitative estimate of drug-likeness (QED) is 0.781. The van der Waals surface area contributed by atoms with Crippen molar-refractivity contribution in [1.82, 2.24) is 0 Å². The molecule has 0 aliphatic carbocycles. The molecule has 1 nitrogen and oxygen atoms in total. The van der Waals surface area contributed by atoms with E-state index >= 15 is 0 Å². The summed E-state index contributed by atoms with van der Waals surface area (Å²) in [6.07, 6.45) is 3.04. The molecule has 14 heavy (non-hydrogen) atoms. The maximum atomic E-state index is 9.74. The molecule has 74 valence electrons. The molecule has 3 heteroatoms. The Balaban J connectivity index is 2.81. The van der Waals surface area contributed by atoms with Gasteiger partial charge in [-0.05, 0) is 30.4 Å². The van der Waals surface area contributed by atoms with Crippen LogP contribution in [0.15, 0.2) is 22.4 Å². The average molecular weight is 224 g/mol. The zero-order valence-electron chi connectivity index (χ0n) is 8.20. The van der Waals surface area contributed by atoms with E-state index < -0.39 is 0 Å². The highest BCUT2D eigenvalue weighted by molar-refractivity contribution is 7.98. The van der Waals surface area contributed by atoms with Gasteiger partial charge in [0.05, 0.1) is 0 Å². The van der Waals surface area contributed by atoms with Gasteiger partial charge in [-0.3, -0.25) is 0 Å². The Bertz CT molecular complexity index is 460. The highest BCUT2D eigenvalue weighted by atomic mass is 32.2. The Hall–Kier alpha value is -0.670. The molecule has 0 bridgehead atoms. The van der Waals surface area contributed by atoms with Crippen LogP contribution in [0.2, 0.25) is 0 Å². The van der Waals surface area contributed by atoms with Crippen LogP contribution in [0.25, 0.3) is 10.1 Å². The summed E-state index contributed by atoms with van der Waals surface area (Å²) in [4.78, 5) is 1.27. The van der Waals surface area contributed by atoms with Gasteiger partial charge in [0, 0.05) is 20.4 Å². The molecule has 0 saturated heterocycles. The monoisotopic (exact) mass is 224 g/mol. The van der Waals surface area contributed by atoms with Crippen LogP contribution in [0, 0.1) is 0 Å². The summed E-state index contributed by atoms with van der Waals surface area (Å²) in [7, 11) is 0. The highest BCUT2D eigenvalue weighted by Crippen LogP contribution is 2.38. The van der Waals surface area contributed by atoms with Gasteiger partial charge in [0.1, 0.15) is 5.75 Å². The molecule has 1 heterocycles. The fraction of sp³-hybridized carbons (Fsp3) is 0.273. The number of hydrogen-bond donors (Lipinski definition) is 1. The van der Waals surface area contributed by atoms with Gasteiger partial charge in [-0.1, -0.05) is 6.92 Å². The molecule has 2 aromatic rings. The van der Waals surface area contributed by atoms with Crippen LogP contribution >= 0.6 is 23.1 Å². The van der Waals surface area contributed by atoms with Gasteiger partial charge in [-0.15, -0.1) is 23.1 Å². The number of fused-ring (bicyclic) bond motifs is 1. The molecule has 0 spiro atoms. The van der Waals surface area contributed by atoms with Crippen molar-refractivity contribution in [2.24, 2.45) is 0 Å². The fourth-order valence-electron chi connectivity index (χ4n) is 1.71. The van der Waals surface area contributed by atoms with E-state index in [0.717, 1.165) is 11.8 Å². The van der Waals surface area contributed by atoms with Crippen molar-refractivity contribution in [2.75, 3.05) is 6.26 Å². The van der Waals surface area contributed by atoms with E-state index in [1.54, 1.807) is 23.1 Å². The van der Waals surface area contributed by atoms with Crippen molar-refractivity contribution in [3.63, 3.8) is 0 Å². The molecule has 2 rings (SSSR count). The van der Waals surface area contributed by atoms with E-state index in [4.69, 9.17) is 0 Å². The smallest absolute Gasteiger partial charge is 0.134 e. The second kappa shape index (κ2) is 3.83. The van der Waals surface area contributed by atoms with Gasteiger partial charge in [-0.2, -0.15) is 0 Å². The van der Waals surface area contributed by atoms with Crippen molar-refractivity contribution in [3.05, 3.63) is 23.1 Å². The lowest BCUT2D eigenvalue weighted by Gasteiger charge is -2.06. The minimum absolute atomic E-state index is 0.428. The van der Waals surface area contributed by atoms with Crippen molar-refractivity contribution >= 4 is 33.2 Å². The normalized spacial score (nSPS) is 11.0. The van der Waals surface area contributed by atoms with Crippen molar-refractivity contribution in [2.45, 2.75) is 18.2 Å². The summed E-state index contributed by atoms with van der Waals surface area (Å²) in [5.41, 5.74) is 1.27. The van der Waals surface area contributed by atoms with Gasteiger partial charge in [0.15, 0.2) is 0 Å². The predicted molar refractivity (Wildman–Crippen MR) is 64.6 cm³/mol. The average Bonchev–Trinajstić information content (AvgIpc) is 2.59. The van der Waals surface area contributed by atoms with Crippen molar-refractivity contribution in [3.8, 4) is 5.75 Å². The molecule has 0 radical (unpaired) electrons. The first-order chi connectivity index (χ1) is 6.77. The number of thioether (sulfide) groups is 1. The zero-order valence-corrected chi connectivity index (χ0v) is 9.84. The van der Waals surface area contributed by atoms with Crippen molar-refractivity contribution < 1.29 is 5.11 Å². The van der Waals surface area contributed by atoms with Gasteiger partial charge in [0.25, 0.3) is 0 Å². The summed E-state index contributed by atoms with van der Waals surface area (Å²) in [5.74, 6) is 0.428. The minimum Gasteiger partial charge on any atom is -0.506 e. The van der Waals surface area contributed by atoms with Crippen LogP contribution in [-0.2, 0) is 6.42 Å². The Kier molecular flexibility index (Phi) is 2.70. The summed E-state index contributed by atoms with van der Waals surface area (Å²) >= 11 is 3.34. The SMILES string of the molecule is CCc1c(SC)ccc2scc(O)c12. The molecular formula is C11H12OS2. The topological polar surface area (TPSA) is 20.2 Å². The molecule has 0 aliphatic rings.